The van der Waals surface area contributed by atoms with E-state index in [1.165, 1.54) is 10.4 Å². The van der Waals surface area contributed by atoms with Crippen molar-refractivity contribution in [1.82, 2.24) is 5.32 Å². The topological polar surface area (TPSA) is 32.3 Å². The van der Waals surface area contributed by atoms with Gasteiger partial charge in [-0.05, 0) is 23.4 Å². The molecule has 1 aromatic rings. The molecule has 2 rings (SSSR count). The highest BCUT2D eigenvalue weighted by Crippen LogP contribution is 2.26. The zero-order chi connectivity index (χ0) is 7.68. The van der Waals surface area contributed by atoms with E-state index < -0.39 is 0 Å². The molecule has 2 nitrogen and oxygen atoms in total. The van der Waals surface area contributed by atoms with Gasteiger partial charge >= 0.3 is 0 Å². The maximum atomic E-state index is 9.00. The number of nitrogens with one attached hydrogen (secondary N) is 1. The van der Waals surface area contributed by atoms with Crippen LogP contribution in [0.3, 0.4) is 0 Å². The first-order valence-electron chi connectivity index (χ1n) is 3.82. The molecule has 2 heterocycles. The second-order valence-electron chi connectivity index (χ2n) is 2.74. The van der Waals surface area contributed by atoms with Gasteiger partial charge in [0, 0.05) is 11.4 Å². The minimum absolute atomic E-state index is 0.185. The van der Waals surface area contributed by atoms with Crippen LogP contribution in [0.4, 0.5) is 0 Å². The Balaban J connectivity index is 2.32. The molecule has 0 saturated carbocycles. The maximum absolute atomic E-state index is 9.00. The smallest absolute Gasteiger partial charge is 0.0626 e. The van der Waals surface area contributed by atoms with Gasteiger partial charge in [-0.1, -0.05) is 0 Å². The van der Waals surface area contributed by atoms with E-state index in [0.29, 0.717) is 0 Å². The molecule has 0 aliphatic carbocycles. The second kappa shape index (κ2) is 2.93. The predicted octanol–water partition coefficient (Wildman–Crippen LogP) is 0.927. The Labute approximate surface area is 69.9 Å². The van der Waals surface area contributed by atoms with Crippen molar-refractivity contribution in [3.63, 3.8) is 0 Å². The third kappa shape index (κ3) is 1.20. The number of rotatable bonds is 1. The first kappa shape index (κ1) is 7.28. The van der Waals surface area contributed by atoms with Crippen LogP contribution in [0.25, 0.3) is 0 Å². The lowest BCUT2D eigenvalue weighted by molar-refractivity contribution is 0.241. The average Bonchev–Trinajstić information content (AvgIpc) is 2.50. The fourth-order valence-corrected chi connectivity index (χ4v) is 2.44. The monoisotopic (exact) mass is 169 g/mol. The summed E-state index contributed by atoms with van der Waals surface area (Å²) in [4.78, 5) is 1.43. The molecule has 11 heavy (non-hydrogen) atoms. The summed E-state index contributed by atoms with van der Waals surface area (Å²) in [6.45, 7) is 1.21. The van der Waals surface area contributed by atoms with Crippen molar-refractivity contribution in [3.05, 3.63) is 21.9 Å². The molecule has 1 atom stereocenters. The van der Waals surface area contributed by atoms with E-state index >= 15 is 0 Å². The molecule has 1 unspecified atom stereocenters. The molecule has 0 spiro atoms. The van der Waals surface area contributed by atoms with E-state index in [0.717, 1.165) is 13.0 Å². The molecular formula is C8H11NOS. The summed E-state index contributed by atoms with van der Waals surface area (Å²) >= 11 is 1.79. The van der Waals surface area contributed by atoms with Crippen LogP contribution in [-0.4, -0.2) is 18.3 Å². The van der Waals surface area contributed by atoms with Gasteiger partial charge in [0.1, 0.15) is 0 Å². The van der Waals surface area contributed by atoms with Crippen molar-refractivity contribution in [2.75, 3.05) is 13.2 Å². The Kier molecular flexibility index (Phi) is 1.94. The van der Waals surface area contributed by atoms with Gasteiger partial charge < -0.3 is 10.4 Å². The Morgan fingerprint density at radius 3 is 3.45 bits per heavy atom. The molecule has 0 saturated heterocycles. The number of hydrogen-bond donors (Lipinski definition) is 2. The lowest BCUT2D eigenvalue weighted by Gasteiger charge is -2.21. The van der Waals surface area contributed by atoms with Crippen molar-refractivity contribution in [2.24, 2.45) is 0 Å². The van der Waals surface area contributed by atoms with Gasteiger partial charge in [-0.2, -0.15) is 0 Å². The fourth-order valence-electron chi connectivity index (χ4n) is 1.50. The summed E-state index contributed by atoms with van der Waals surface area (Å²) in [5.74, 6) is 0. The van der Waals surface area contributed by atoms with Crippen LogP contribution in [0.5, 0.6) is 0 Å². The number of aliphatic hydroxyl groups is 1. The Bertz CT molecular complexity index is 246. The first-order chi connectivity index (χ1) is 5.42. The van der Waals surface area contributed by atoms with Crippen LogP contribution in [0, 0.1) is 0 Å². The van der Waals surface area contributed by atoms with E-state index in [9.17, 15) is 0 Å². The molecule has 60 valence electrons. The maximum Gasteiger partial charge on any atom is 0.0626 e. The van der Waals surface area contributed by atoms with Crippen LogP contribution >= 0.6 is 11.3 Å². The van der Waals surface area contributed by atoms with Crippen molar-refractivity contribution >= 4 is 11.3 Å². The molecule has 0 bridgehead atoms. The molecule has 3 heteroatoms. The summed E-state index contributed by atoms with van der Waals surface area (Å²) in [7, 11) is 0. The normalized spacial score (nSPS) is 23.2. The standard InChI is InChI=1S/C8H11NOS/c10-5-7-6-2-4-11-8(6)1-3-9-7/h2,4,7,9-10H,1,3,5H2. The summed E-state index contributed by atoms with van der Waals surface area (Å²) < 4.78 is 0. The zero-order valence-corrected chi connectivity index (χ0v) is 7.03. The van der Waals surface area contributed by atoms with Gasteiger partial charge in [0.25, 0.3) is 0 Å². The van der Waals surface area contributed by atoms with Crippen molar-refractivity contribution < 1.29 is 5.11 Å². The minimum atomic E-state index is 0.185. The van der Waals surface area contributed by atoms with Gasteiger partial charge in [-0.15, -0.1) is 11.3 Å². The second-order valence-corrected chi connectivity index (χ2v) is 3.74. The molecular weight excluding hydrogens is 158 g/mol. The number of thiophene rings is 1. The van der Waals surface area contributed by atoms with Gasteiger partial charge in [-0.25, -0.2) is 0 Å². The molecule has 1 aliphatic rings. The van der Waals surface area contributed by atoms with Crippen LogP contribution in [0.2, 0.25) is 0 Å². The highest BCUT2D eigenvalue weighted by molar-refractivity contribution is 7.10. The van der Waals surface area contributed by atoms with Crippen LogP contribution < -0.4 is 5.32 Å². The average molecular weight is 169 g/mol. The predicted molar refractivity (Wildman–Crippen MR) is 45.9 cm³/mol. The van der Waals surface area contributed by atoms with Crippen LogP contribution in [-0.2, 0) is 6.42 Å². The van der Waals surface area contributed by atoms with Gasteiger partial charge in [0.2, 0.25) is 0 Å². The SMILES string of the molecule is OCC1NCCc2sccc21. The Hall–Kier alpha value is -0.380. The first-order valence-corrected chi connectivity index (χ1v) is 4.70. The summed E-state index contributed by atoms with van der Waals surface area (Å²) in [6, 6.07) is 2.29. The number of fused-ring (bicyclic) bond motifs is 1. The van der Waals surface area contributed by atoms with Crippen LogP contribution in [0.1, 0.15) is 16.5 Å². The molecule has 0 amide bonds. The molecule has 0 aromatic carbocycles. The molecule has 0 radical (unpaired) electrons. The molecule has 2 N–H and O–H groups in total. The van der Waals surface area contributed by atoms with E-state index in [1.807, 2.05) is 0 Å². The largest absolute Gasteiger partial charge is 0.394 e. The number of hydrogen-bond acceptors (Lipinski definition) is 3. The molecule has 1 aromatic heterocycles. The van der Waals surface area contributed by atoms with Crippen LogP contribution in [0.15, 0.2) is 11.4 Å². The fraction of sp³-hybridized carbons (Fsp3) is 0.500. The third-order valence-corrected chi connectivity index (χ3v) is 3.08. The minimum Gasteiger partial charge on any atom is -0.394 e. The van der Waals surface area contributed by atoms with E-state index in [4.69, 9.17) is 5.11 Å². The summed E-state index contributed by atoms with van der Waals surface area (Å²) in [5.41, 5.74) is 1.30. The van der Waals surface area contributed by atoms with E-state index in [-0.39, 0.29) is 12.6 Å². The lowest BCUT2D eigenvalue weighted by Crippen LogP contribution is -2.30. The Morgan fingerprint density at radius 2 is 2.64 bits per heavy atom. The highest BCUT2D eigenvalue weighted by Gasteiger charge is 2.18. The van der Waals surface area contributed by atoms with Gasteiger partial charge in [0.15, 0.2) is 0 Å². The zero-order valence-electron chi connectivity index (χ0n) is 6.21. The van der Waals surface area contributed by atoms with Gasteiger partial charge in [0.05, 0.1) is 12.6 Å². The van der Waals surface area contributed by atoms with E-state index in [1.54, 1.807) is 11.3 Å². The molecule has 1 aliphatic heterocycles. The van der Waals surface area contributed by atoms with E-state index in [2.05, 4.69) is 16.8 Å². The number of aliphatic hydroxyl groups excluding tert-OH is 1. The van der Waals surface area contributed by atoms with Crippen molar-refractivity contribution in [1.29, 1.82) is 0 Å². The lowest BCUT2D eigenvalue weighted by atomic mass is 10.0. The Morgan fingerprint density at radius 1 is 1.73 bits per heavy atom. The summed E-state index contributed by atoms with van der Waals surface area (Å²) in [6.07, 6.45) is 1.11. The highest BCUT2D eigenvalue weighted by atomic mass is 32.1. The quantitative estimate of drug-likeness (QED) is 0.655. The van der Waals surface area contributed by atoms with Crippen molar-refractivity contribution in [3.8, 4) is 0 Å². The third-order valence-electron chi connectivity index (χ3n) is 2.08. The van der Waals surface area contributed by atoms with Gasteiger partial charge in [-0.3, -0.25) is 0 Å². The summed E-state index contributed by atoms with van der Waals surface area (Å²) in [5, 5.41) is 14.4. The molecule has 0 fully saturated rings. The van der Waals surface area contributed by atoms with Crippen molar-refractivity contribution in [2.45, 2.75) is 12.5 Å².